The Morgan fingerprint density at radius 1 is 1.13 bits per heavy atom. The quantitative estimate of drug-likeness (QED) is 0.501. The Bertz CT molecular complexity index is 1460. The maximum atomic E-state index is 15.1. The van der Waals surface area contributed by atoms with Gasteiger partial charge in [0.2, 0.25) is 5.89 Å². The Labute approximate surface area is 217 Å². The van der Waals surface area contributed by atoms with E-state index in [0.29, 0.717) is 30.3 Å². The average molecular weight is 547 g/mol. The van der Waals surface area contributed by atoms with Gasteiger partial charge in [-0.05, 0) is 24.3 Å². The van der Waals surface area contributed by atoms with E-state index in [1.807, 2.05) is 6.07 Å². The van der Waals surface area contributed by atoms with Crippen LogP contribution in [0.3, 0.4) is 0 Å². The van der Waals surface area contributed by atoms with Crippen LogP contribution in [-0.4, -0.2) is 74.0 Å². The summed E-state index contributed by atoms with van der Waals surface area (Å²) in [5.74, 6) is -0.825. The number of urea groups is 1. The van der Waals surface area contributed by atoms with Gasteiger partial charge in [-0.3, -0.25) is 14.6 Å². The van der Waals surface area contributed by atoms with Crippen molar-refractivity contribution in [3.05, 3.63) is 65.8 Å². The lowest BCUT2D eigenvalue weighted by Crippen LogP contribution is -2.77. The molecule has 0 aliphatic carbocycles. The number of alkyl halides is 2. The summed E-state index contributed by atoms with van der Waals surface area (Å²) in [5.41, 5.74) is 1.05. The van der Waals surface area contributed by atoms with Gasteiger partial charge in [0.05, 0.1) is 6.54 Å². The van der Waals surface area contributed by atoms with E-state index >= 15 is 4.39 Å². The molecule has 38 heavy (non-hydrogen) atoms. The summed E-state index contributed by atoms with van der Waals surface area (Å²) in [7, 11) is -2.38. The van der Waals surface area contributed by atoms with Crippen LogP contribution in [0.2, 0.25) is 0 Å². The number of amides is 2. The van der Waals surface area contributed by atoms with Gasteiger partial charge in [-0.1, -0.05) is 24.3 Å². The minimum Gasteiger partial charge on any atom is -0.415 e. The first-order valence-corrected chi connectivity index (χ1v) is 14.0. The number of halogens is 3. The first-order valence-electron chi connectivity index (χ1n) is 12.1. The topological polar surface area (TPSA) is 107 Å². The smallest absolute Gasteiger partial charge is 0.324 e. The van der Waals surface area contributed by atoms with Crippen molar-refractivity contribution in [2.75, 3.05) is 42.6 Å². The van der Waals surface area contributed by atoms with E-state index in [-0.39, 0.29) is 41.1 Å². The van der Waals surface area contributed by atoms with Gasteiger partial charge in [0.25, 0.3) is 5.89 Å². The van der Waals surface area contributed by atoms with E-state index in [1.165, 1.54) is 17.0 Å². The van der Waals surface area contributed by atoms with Crippen LogP contribution in [0, 0.1) is 16.0 Å². The predicted octanol–water partition coefficient (Wildman–Crippen LogP) is 3.99. The van der Waals surface area contributed by atoms with E-state index in [1.54, 1.807) is 29.2 Å². The van der Waals surface area contributed by atoms with Gasteiger partial charge >= 0.3 is 12.5 Å². The molecule has 0 unspecified atom stereocenters. The molecular formula is C25H25F3N6O3S. The zero-order chi connectivity index (χ0) is 26.7. The maximum Gasteiger partial charge on any atom is 0.324 e. The molecule has 0 saturated carbocycles. The molecule has 0 radical (unpaired) electrons. The summed E-state index contributed by atoms with van der Waals surface area (Å²) in [5, 5.41) is 6.83. The molecule has 3 saturated heterocycles. The van der Waals surface area contributed by atoms with E-state index in [9.17, 15) is 17.8 Å². The van der Waals surface area contributed by atoms with Gasteiger partial charge in [-0.2, -0.15) is 8.78 Å². The minimum atomic E-state index is -2.92. The van der Waals surface area contributed by atoms with Crippen LogP contribution in [0.4, 0.5) is 23.7 Å². The molecule has 3 aliphatic heterocycles. The van der Waals surface area contributed by atoms with Crippen LogP contribution in [-0.2, 0) is 16.3 Å². The van der Waals surface area contributed by atoms with Crippen molar-refractivity contribution in [3.8, 4) is 11.5 Å². The fraction of sp³-hybridized carbons (Fsp3) is 0.400. The van der Waals surface area contributed by atoms with Gasteiger partial charge in [0, 0.05) is 75.7 Å². The predicted molar refractivity (Wildman–Crippen MR) is 133 cm³/mol. The summed E-state index contributed by atoms with van der Waals surface area (Å²) < 4.78 is 64.9. The van der Waals surface area contributed by atoms with Crippen molar-refractivity contribution >= 4 is 21.4 Å². The highest BCUT2D eigenvalue weighted by atomic mass is 32.2. The van der Waals surface area contributed by atoms with Crippen LogP contribution in [0.15, 0.2) is 52.9 Å². The van der Waals surface area contributed by atoms with Crippen molar-refractivity contribution in [3.63, 3.8) is 0 Å². The number of rotatable bonds is 6. The number of aromatic nitrogens is 2. The lowest BCUT2D eigenvalue weighted by atomic mass is 9.72. The molecule has 0 atom stereocenters. The fourth-order valence-corrected chi connectivity index (χ4v) is 6.99. The van der Waals surface area contributed by atoms with Crippen molar-refractivity contribution < 1.29 is 26.6 Å². The van der Waals surface area contributed by atoms with Crippen molar-refractivity contribution in [1.29, 1.82) is 4.78 Å². The zero-order valence-electron chi connectivity index (χ0n) is 20.2. The van der Waals surface area contributed by atoms with Crippen molar-refractivity contribution in [2.24, 2.45) is 5.41 Å². The number of likely N-dealkylation sites (tertiary alicyclic amines) is 2. The van der Waals surface area contributed by atoms with Gasteiger partial charge < -0.3 is 9.32 Å². The lowest BCUT2D eigenvalue weighted by molar-refractivity contribution is -0.106. The first-order chi connectivity index (χ1) is 18.1. The molecule has 1 aromatic heterocycles. The Morgan fingerprint density at radius 3 is 2.45 bits per heavy atom. The average Bonchev–Trinajstić information content (AvgIpc) is 3.31. The first kappa shape index (κ1) is 24.9. The second-order valence-electron chi connectivity index (χ2n) is 10.3. The number of carbonyl (C=O) groups is 1. The molecule has 4 heterocycles. The highest BCUT2D eigenvalue weighted by molar-refractivity contribution is 7.93. The van der Waals surface area contributed by atoms with E-state index < -0.39 is 27.9 Å². The van der Waals surface area contributed by atoms with Gasteiger partial charge in [-0.15, -0.1) is 10.2 Å². The summed E-state index contributed by atoms with van der Waals surface area (Å²) >= 11 is 0. The number of hydrogen-bond acceptors (Lipinski definition) is 7. The van der Waals surface area contributed by atoms with Crippen LogP contribution >= 0.6 is 0 Å². The summed E-state index contributed by atoms with van der Waals surface area (Å²) in [6, 6.07) is 13.1. The van der Waals surface area contributed by atoms with Crippen LogP contribution in [0.25, 0.3) is 11.5 Å². The molecule has 200 valence electrons. The normalized spacial score (nSPS) is 24.1. The number of carbonyl (C=O) groups excluding carboxylic acids is 1. The molecule has 1 N–H and O–H groups in total. The van der Waals surface area contributed by atoms with Crippen LogP contribution in [0.1, 0.15) is 17.9 Å². The molecule has 3 aliphatic rings. The molecule has 2 aromatic carbocycles. The third-order valence-corrected chi connectivity index (χ3v) is 9.24. The van der Waals surface area contributed by atoms with Gasteiger partial charge in [-0.25, -0.2) is 13.4 Å². The molecule has 2 amide bonds. The van der Waals surface area contributed by atoms with E-state index in [2.05, 4.69) is 15.1 Å². The molecule has 6 rings (SSSR count). The van der Waals surface area contributed by atoms with Crippen molar-refractivity contribution in [2.45, 2.75) is 19.0 Å². The zero-order valence-corrected chi connectivity index (χ0v) is 21.0. The SMILES string of the molecule is N=S1(=O)CC(N2CC3(CN(C(=O)N(Cc4ccc(-c5nnc(C(F)F)o5)cc4F)c4ccccc4)C3)C2)C1. The Balaban J connectivity index is 1.15. The molecule has 13 heteroatoms. The second kappa shape index (κ2) is 9.09. The maximum absolute atomic E-state index is 15.1. The molecule has 1 spiro atoms. The monoisotopic (exact) mass is 546 g/mol. The van der Waals surface area contributed by atoms with Crippen molar-refractivity contribution in [1.82, 2.24) is 20.0 Å². The fourth-order valence-electron chi connectivity index (χ4n) is 5.42. The number of para-hydroxylation sites is 1. The van der Waals surface area contributed by atoms with Crippen LogP contribution < -0.4 is 4.90 Å². The molecular weight excluding hydrogens is 521 g/mol. The largest absolute Gasteiger partial charge is 0.415 e. The number of hydrogen-bond donors (Lipinski definition) is 1. The van der Waals surface area contributed by atoms with Gasteiger partial charge in [0.1, 0.15) is 5.82 Å². The summed E-state index contributed by atoms with van der Waals surface area (Å²) in [4.78, 5) is 19.1. The molecule has 3 fully saturated rings. The number of benzene rings is 2. The number of nitrogens with zero attached hydrogens (tertiary/aromatic N) is 5. The second-order valence-corrected chi connectivity index (χ2v) is 12.6. The summed E-state index contributed by atoms with van der Waals surface area (Å²) in [6.07, 6.45) is -2.92. The van der Waals surface area contributed by atoms with Gasteiger partial charge in [0.15, 0.2) is 0 Å². The Kier molecular flexibility index (Phi) is 5.94. The number of nitrogens with one attached hydrogen (secondary N) is 1. The molecule has 3 aromatic rings. The molecule has 9 nitrogen and oxygen atoms in total. The Morgan fingerprint density at radius 2 is 1.84 bits per heavy atom. The third kappa shape index (κ3) is 4.53. The Hall–Kier alpha value is -3.45. The summed E-state index contributed by atoms with van der Waals surface area (Å²) in [6.45, 7) is 2.78. The third-order valence-electron chi connectivity index (χ3n) is 7.39. The highest BCUT2D eigenvalue weighted by Crippen LogP contribution is 2.43. The minimum absolute atomic E-state index is 0.0184. The lowest BCUT2D eigenvalue weighted by Gasteiger charge is -2.63. The van der Waals surface area contributed by atoms with E-state index in [0.717, 1.165) is 19.2 Å². The van der Waals surface area contributed by atoms with Crippen LogP contribution in [0.5, 0.6) is 0 Å². The number of anilines is 1. The van der Waals surface area contributed by atoms with E-state index in [4.69, 9.17) is 9.20 Å². The standard InChI is InChI=1S/C25H25F3N6O3S/c26-20-8-16(22-30-31-23(37-22)21(27)28)6-7-17(20)9-34(18-4-2-1-3-5-18)24(35)33-14-25(15-33)12-32(13-25)19-10-38(29,36)11-19/h1-8,19,21,29H,9-15H2. The highest BCUT2D eigenvalue weighted by Gasteiger charge is 2.56. The molecule has 0 bridgehead atoms.